The number of halogens is 1. The highest BCUT2D eigenvalue weighted by molar-refractivity contribution is 5.75. The van der Waals surface area contributed by atoms with Gasteiger partial charge in [-0.25, -0.2) is 9.18 Å². The van der Waals surface area contributed by atoms with Gasteiger partial charge in [-0.1, -0.05) is 25.0 Å². The molecule has 1 aromatic rings. The number of carbonyl (C=O) groups excluding carboxylic acids is 1. The lowest BCUT2D eigenvalue weighted by Crippen LogP contribution is -2.53. The molecule has 5 heteroatoms. The van der Waals surface area contributed by atoms with Crippen molar-refractivity contribution < 1.29 is 14.3 Å². The van der Waals surface area contributed by atoms with E-state index in [1.807, 2.05) is 0 Å². The second-order valence-electron chi connectivity index (χ2n) is 6.61. The summed E-state index contributed by atoms with van der Waals surface area (Å²) < 4.78 is 13.1. The third kappa shape index (κ3) is 3.40. The van der Waals surface area contributed by atoms with Crippen LogP contribution in [0.2, 0.25) is 0 Å². The first-order valence-corrected chi connectivity index (χ1v) is 8.07. The second-order valence-corrected chi connectivity index (χ2v) is 6.61. The summed E-state index contributed by atoms with van der Waals surface area (Å²) in [4.78, 5) is 12.3. The summed E-state index contributed by atoms with van der Waals surface area (Å²) in [6.45, 7) is -0.0228. The van der Waals surface area contributed by atoms with Gasteiger partial charge in [0, 0.05) is 0 Å². The fourth-order valence-electron chi connectivity index (χ4n) is 3.37. The minimum absolute atomic E-state index is 0.0228. The highest BCUT2D eigenvalue weighted by Gasteiger charge is 2.37. The van der Waals surface area contributed by atoms with E-state index in [1.165, 1.54) is 12.1 Å². The Balaban J connectivity index is 1.66. The lowest BCUT2D eigenvalue weighted by Gasteiger charge is -2.29. The summed E-state index contributed by atoms with van der Waals surface area (Å²) >= 11 is 0. The van der Waals surface area contributed by atoms with Crippen molar-refractivity contribution in [1.82, 2.24) is 10.6 Å². The molecule has 0 heterocycles. The fourth-order valence-corrected chi connectivity index (χ4v) is 3.37. The third-order valence-corrected chi connectivity index (χ3v) is 4.85. The van der Waals surface area contributed by atoms with Crippen LogP contribution in [0.1, 0.15) is 50.1 Å². The number of benzene rings is 1. The summed E-state index contributed by atoms with van der Waals surface area (Å²) in [6, 6.07) is 5.99. The Bertz CT molecular complexity index is 522. The molecule has 0 radical (unpaired) electrons. The molecule has 1 aromatic carbocycles. The number of carbonyl (C=O) groups is 1. The van der Waals surface area contributed by atoms with E-state index in [1.54, 1.807) is 12.1 Å². The van der Waals surface area contributed by atoms with E-state index in [2.05, 4.69) is 10.6 Å². The van der Waals surface area contributed by atoms with E-state index in [0.717, 1.165) is 44.1 Å². The van der Waals surface area contributed by atoms with Crippen molar-refractivity contribution in [2.24, 2.45) is 5.92 Å². The monoisotopic (exact) mass is 306 g/mol. The van der Waals surface area contributed by atoms with E-state index < -0.39 is 5.54 Å². The minimum atomic E-state index is -0.471. The molecule has 2 aliphatic rings. The van der Waals surface area contributed by atoms with Gasteiger partial charge in [-0.3, -0.25) is 0 Å². The Morgan fingerprint density at radius 1 is 1.27 bits per heavy atom. The van der Waals surface area contributed by atoms with Crippen molar-refractivity contribution in [3.8, 4) is 0 Å². The van der Waals surface area contributed by atoms with Crippen LogP contribution < -0.4 is 10.6 Å². The van der Waals surface area contributed by atoms with Crippen LogP contribution in [-0.4, -0.2) is 23.3 Å². The highest BCUT2D eigenvalue weighted by Crippen LogP contribution is 2.41. The SMILES string of the molecule is O=C(NC(c1ccc(F)cc1)C1CC1)NC1(CO)CCCC1. The summed E-state index contributed by atoms with van der Waals surface area (Å²) in [5.74, 6) is 0.151. The van der Waals surface area contributed by atoms with Gasteiger partial charge >= 0.3 is 6.03 Å². The maximum atomic E-state index is 13.1. The van der Waals surface area contributed by atoms with Crippen molar-refractivity contribution in [3.63, 3.8) is 0 Å². The van der Waals surface area contributed by atoms with Crippen LogP contribution in [0, 0.1) is 11.7 Å². The summed E-state index contributed by atoms with van der Waals surface area (Å²) in [6.07, 6.45) is 5.86. The zero-order chi connectivity index (χ0) is 15.6. The van der Waals surface area contributed by atoms with Crippen LogP contribution in [-0.2, 0) is 0 Å². The van der Waals surface area contributed by atoms with E-state index in [4.69, 9.17) is 0 Å². The van der Waals surface area contributed by atoms with Crippen LogP contribution in [0.4, 0.5) is 9.18 Å². The molecule has 0 spiro atoms. The average molecular weight is 306 g/mol. The van der Waals surface area contributed by atoms with Crippen LogP contribution in [0.25, 0.3) is 0 Å². The van der Waals surface area contributed by atoms with E-state index in [0.29, 0.717) is 5.92 Å². The predicted octanol–water partition coefficient (Wildman–Crippen LogP) is 2.88. The molecule has 2 amide bonds. The molecular weight excluding hydrogens is 283 g/mol. The molecule has 0 aliphatic heterocycles. The Labute approximate surface area is 130 Å². The number of hydrogen-bond acceptors (Lipinski definition) is 2. The van der Waals surface area contributed by atoms with Crippen molar-refractivity contribution >= 4 is 6.03 Å². The molecule has 4 nitrogen and oxygen atoms in total. The average Bonchev–Trinajstić information content (AvgIpc) is 3.26. The van der Waals surface area contributed by atoms with Crippen LogP contribution in [0.3, 0.4) is 0 Å². The third-order valence-electron chi connectivity index (χ3n) is 4.85. The van der Waals surface area contributed by atoms with Gasteiger partial charge in [-0.2, -0.15) is 0 Å². The molecule has 120 valence electrons. The first kappa shape index (κ1) is 15.3. The molecule has 0 aromatic heterocycles. The molecule has 0 saturated heterocycles. The number of aliphatic hydroxyl groups is 1. The molecule has 2 saturated carbocycles. The van der Waals surface area contributed by atoms with Gasteiger partial charge in [0.05, 0.1) is 18.2 Å². The largest absolute Gasteiger partial charge is 0.394 e. The molecule has 2 aliphatic carbocycles. The van der Waals surface area contributed by atoms with Crippen LogP contribution in [0.5, 0.6) is 0 Å². The summed E-state index contributed by atoms with van der Waals surface area (Å²) in [7, 11) is 0. The van der Waals surface area contributed by atoms with E-state index >= 15 is 0 Å². The van der Waals surface area contributed by atoms with Crippen molar-refractivity contribution in [1.29, 1.82) is 0 Å². The summed E-state index contributed by atoms with van der Waals surface area (Å²) in [5.41, 5.74) is 0.463. The first-order valence-electron chi connectivity index (χ1n) is 8.07. The van der Waals surface area contributed by atoms with Gasteiger partial charge in [0.2, 0.25) is 0 Å². The van der Waals surface area contributed by atoms with E-state index in [9.17, 15) is 14.3 Å². The maximum absolute atomic E-state index is 13.1. The lowest BCUT2D eigenvalue weighted by molar-refractivity contribution is 0.161. The zero-order valence-electron chi connectivity index (χ0n) is 12.6. The molecule has 0 bridgehead atoms. The molecular formula is C17H23FN2O2. The molecule has 2 fully saturated rings. The van der Waals surface area contributed by atoms with Crippen molar-refractivity contribution in [2.45, 2.75) is 50.1 Å². The number of aliphatic hydroxyl groups excluding tert-OH is 1. The van der Waals surface area contributed by atoms with Gasteiger partial charge < -0.3 is 15.7 Å². The van der Waals surface area contributed by atoms with Gasteiger partial charge in [-0.15, -0.1) is 0 Å². The Kier molecular flexibility index (Phi) is 4.34. The Morgan fingerprint density at radius 2 is 1.91 bits per heavy atom. The van der Waals surface area contributed by atoms with Crippen molar-refractivity contribution in [3.05, 3.63) is 35.6 Å². The summed E-state index contributed by atoms with van der Waals surface area (Å²) in [5, 5.41) is 15.6. The van der Waals surface area contributed by atoms with Gasteiger partial charge in [0.15, 0.2) is 0 Å². The Morgan fingerprint density at radius 3 is 2.45 bits per heavy atom. The Hall–Kier alpha value is -1.62. The predicted molar refractivity (Wildman–Crippen MR) is 81.8 cm³/mol. The molecule has 3 rings (SSSR count). The number of amides is 2. The van der Waals surface area contributed by atoms with Gasteiger partial charge in [-0.05, 0) is 49.3 Å². The molecule has 1 unspecified atom stereocenters. The smallest absolute Gasteiger partial charge is 0.315 e. The quantitative estimate of drug-likeness (QED) is 0.783. The molecule has 22 heavy (non-hydrogen) atoms. The number of urea groups is 1. The van der Waals surface area contributed by atoms with Crippen LogP contribution >= 0.6 is 0 Å². The van der Waals surface area contributed by atoms with Crippen LogP contribution in [0.15, 0.2) is 24.3 Å². The normalized spacial score (nSPS) is 21.4. The molecule has 1 atom stereocenters. The van der Waals surface area contributed by atoms with Gasteiger partial charge in [0.25, 0.3) is 0 Å². The van der Waals surface area contributed by atoms with Crippen molar-refractivity contribution in [2.75, 3.05) is 6.61 Å². The number of nitrogens with one attached hydrogen (secondary N) is 2. The zero-order valence-corrected chi connectivity index (χ0v) is 12.6. The van der Waals surface area contributed by atoms with E-state index in [-0.39, 0.29) is 24.5 Å². The van der Waals surface area contributed by atoms with Gasteiger partial charge in [0.1, 0.15) is 5.82 Å². The topological polar surface area (TPSA) is 61.4 Å². The number of hydrogen-bond donors (Lipinski definition) is 3. The number of rotatable bonds is 5. The first-order chi connectivity index (χ1) is 10.6. The highest BCUT2D eigenvalue weighted by atomic mass is 19.1. The lowest BCUT2D eigenvalue weighted by atomic mass is 9.99. The maximum Gasteiger partial charge on any atom is 0.315 e. The minimum Gasteiger partial charge on any atom is -0.394 e. The molecule has 3 N–H and O–H groups in total. The fraction of sp³-hybridized carbons (Fsp3) is 0.588. The second kappa shape index (κ2) is 6.24. The standard InChI is InChI=1S/C17H23FN2O2/c18-14-7-5-13(6-8-14)15(12-3-4-12)19-16(22)20-17(11-21)9-1-2-10-17/h5-8,12,15,21H,1-4,9-11H2,(H2,19,20,22).